The number of carbonyl (C=O) groups is 1. The third-order valence-corrected chi connectivity index (χ3v) is 3.92. The molecule has 7 heteroatoms. The number of aryl methyl sites for hydroxylation is 1. The van der Waals surface area contributed by atoms with Gasteiger partial charge in [0.1, 0.15) is 5.82 Å². The van der Waals surface area contributed by atoms with E-state index in [1.807, 2.05) is 24.1 Å². The minimum Gasteiger partial charge on any atom is -0.347 e. The molecule has 0 aromatic carbocycles. The van der Waals surface area contributed by atoms with Crippen molar-refractivity contribution in [1.29, 1.82) is 0 Å². The number of imidazole rings is 1. The molecule has 116 valence electrons. The second-order valence-corrected chi connectivity index (χ2v) is 5.53. The smallest absolute Gasteiger partial charge is 0.321 e. The predicted octanol–water partition coefficient (Wildman–Crippen LogP) is 1.63. The number of pyridine rings is 1. The molecule has 2 amide bonds. The SMILES string of the molecule is Cc1cc(NC(=O)N2CCN(C)[C@@H](c3ncc[nH]3)C2)ccn1. The summed E-state index contributed by atoms with van der Waals surface area (Å²) in [5.41, 5.74) is 1.65. The molecule has 2 aromatic rings. The van der Waals surface area contributed by atoms with Gasteiger partial charge in [-0.05, 0) is 26.1 Å². The van der Waals surface area contributed by atoms with Crippen molar-refractivity contribution < 1.29 is 4.79 Å². The molecule has 1 saturated heterocycles. The number of nitrogens with zero attached hydrogens (tertiary/aromatic N) is 4. The molecular formula is C15H20N6O. The Morgan fingerprint density at radius 2 is 2.23 bits per heavy atom. The van der Waals surface area contributed by atoms with Crippen molar-refractivity contribution in [3.63, 3.8) is 0 Å². The standard InChI is InChI=1S/C15H20N6O/c1-11-9-12(3-4-16-11)19-15(22)21-8-7-20(2)13(10-21)14-17-5-6-18-14/h3-6,9,13H,7-8,10H2,1-2H3,(H,17,18)(H,16,19,22)/t13-/m1/s1. The topological polar surface area (TPSA) is 77.2 Å². The van der Waals surface area contributed by atoms with E-state index in [4.69, 9.17) is 0 Å². The van der Waals surface area contributed by atoms with Crippen LogP contribution in [-0.4, -0.2) is 57.5 Å². The lowest BCUT2D eigenvalue weighted by Crippen LogP contribution is -2.50. The number of H-pyrrole nitrogens is 1. The monoisotopic (exact) mass is 300 g/mol. The molecule has 1 atom stereocenters. The Bertz CT molecular complexity index is 641. The molecule has 0 unspecified atom stereocenters. The van der Waals surface area contributed by atoms with Gasteiger partial charge in [-0.15, -0.1) is 0 Å². The highest BCUT2D eigenvalue weighted by atomic mass is 16.2. The van der Waals surface area contributed by atoms with Crippen LogP contribution in [0.4, 0.5) is 10.5 Å². The van der Waals surface area contributed by atoms with Crippen molar-refractivity contribution in [3.8, 4) is 0 Å². The predicted molar refractivity (Wildman–Crippen MR) is 83.5 cm³/mol. The van der Waals surface area contributed by atoms with Crippen molar-refractivity contribution >= 4 is 11.7 Å². The van der Waals surface area contributed by atoms with Gasteiger partial charge >= 0.3 is 6.03 Å². The molecule has 0 radical (unpaired) electrons. The fourth-order valence-corrected chi connectivity index (χ4v) is 2.64. The number of aromatic amines is 1. The van der Waals surface area contributed by atoms with Gasteiger partial charge in [-0.1, -0.05) is 0 Å². The summed E-state index contributed by atoms with van der Waals surface area (Å²) in [6.45, 7) is 4.02. The van der Waals surface area contributed by atoms with Gasteiger partial charge in [-0.2, -0.15) is 0 Å². The Kier molecular flexibility index (Phi) is 4.06. The van der Waals surface area contributed by atoms with Crippen molar-refractivity contribution in [2.75, 3.05) is 32.0 Å². The molecule has 3 heterocycles. The van der Waals surface area contributed by atoms with Crippen molar-refractivity contribution in [2.45, 2.75) is 13.0 Å². The zero-order chi connectivity index (χ0) is 15.5. The van der Waals surface area contributed by atoms with E-state index in [1.165, 1.54) is 0 Å². The van der Waals surface area contributed by atoms with Gasteiger partial charge in [0.15, 0.2) is 0 Å². The minimum atomic E-state index is -0.0877. The number of urea groups is 1. The number of amides is 2. The summed E-state index contributed by atoms with van der Waals surface area (Å²) in [5, 5.41) is 2.93. The van der Waals surface area contributed by atoms with Gasteiger partial charge in [0.25, 0.3) is 0 Å². The summed E-state index contributed by atoms with van der Waals surface area (Å²) in [6.07, 6.45) is 5.24. The molecule has 0 aliphatic carbocycles. The van der Waals surface area contributed by atoms with Crippen LogP contribution < -0.4 is 5.32 Å². The number of nitrogens with one attached hydrogen (secondary N) is 2. The summed E-state index contributed by atoms with van der Waals surface area (Å²) in [5.74, 6) is 0.889. The number of piperazine rings is 1. The molecule has 0 saturated carbocycles. The minimum absolute atomic E-state index is 0.0877. The lowest BCUT2D eigenvalue weighted by atomic mass is 10.1. The quantitative estimate of drug-likeness (QED) is 0.884. The summed E-state index contributed by atoms with van der Waals surface area (Å²) in [4.78, 5) is 28.1. The molecule has 1 aliphatic rings. The largest absolute Gasteiger partial charge is 0.347 e. The van der Waals surface area contributed by atoms with Gasteiger partial charge in [0.2, 0.25) is 0 Å². The number of anilines is 1. The maximum atomic E-state index is 12.4. The Morgan fingerprint density at radius 3 is 2.95 bits per heavy atom. The number of rotatable bonds is 2. The van der Waals surface area contributed by atoms with Crippen LogP contribution in [0.3, 0.4) is 0 Å². The molecule has 1 fully saturated rings. The van der Waals surface area contributed by atoms with E-state index in [9.17, 15) is 4.79 Å². The fourth-order valence-electron chi connectivity index (χ4n) is 2.64. The molecule has 3 rings (SSSR count). The van der Waals surface area contributed by atoms with Crippen molar-refractivity contribution in [1.82, 2.24) is 24.8 Å². The van der Waals surface area contributed by atoms with Crippen LogP contribution in [0.25, 0.3) is 0 Å². The molecule has 7 nitrogen and oxygen atoms in total. The van der Waals surface area contributed by atoms with Gasteiger partial charge in [0.05, 0.1) is 6.04 Å². The highest BCUT2D eigenvalue weighted by molar-refractivity contribution is 5.89. The van der Waals surface area contributed by atoms with E-state index in [0.717, 1.165) is 23.8 Å². The number of likely N-dealkylation sites (N-methyl/N-ethyl adjacent to an activating group) is 1. The number of hydrogen-bond donors (Lipinski definition) is 2. The third-order valence-electron chi connectivity index (χ3n) is 3.92. The van der Waals surface area contributed by atoms with E-state index in [1.54, 1.807) is 18.5 Å². The maximum absolute atomic E-state index is 12.4. The Balaban J connectivity index is 1.68. The molecule has 22 heavy (non-hydrogen) atoms. The van der Waals surface area contributed by atoms with Crippen LogP contribution >= 0.6 is 0 Å². The summed E-state index contributed by atoms with van der Waals surface area (Å²) in [7, 11) is 2.05. The van der Waals surface area contributed by atoms with E-state index in [0.29, 0.717) is 13.1 Å². The van der Waals surface area contributed by atoms with Gasteiger partial charge in [0, 0.05) is 49.6 Å². The van der Waals surface area contributed by atoms with Crippen LogP contribution in [0, 0.1) is 6.92 Å². The van der Waals surface area contributed by atoms with E-state index >= 15 is 0 Å². The fraction of sp³-hybridized carbons (Fsp3) is 0.400. The second kappa shape index (κ2) is 6.15. The second-order valence-electron chi connectivity index (χ2n) is 5.53. The van der Waals surface area contributed by atoms with E-state index in [-0.39, 0.29) is 12.1 Å². The van der Waals surface area contributed by atoms with Gasteiger partial charge < -0.3 is 15.2 Å². The zero-order valence-electron chi connectivity index (χ0n) is 12.8. The third kappa shape index (κ3) is 3.09. The average molecular weight is 300 g/mol. The van der Waals surface area contributed by atoms with Gasteiger partial charge in [-0.3, -0.25) is 9.88 Å². The van der Waals surface area contributed by atoms with Crippen molar-refractivity contribution in [3.05, 3.63) is 42.2 Å². The van der Waals surface area contributed by atoms with Crippen LogP contribution in [0.15, 0.2) is 30.7 Å². The first kappa shape index (κ1) is 14.5. The van der Waals surface area contributed by atoms with Gasteiger partial charge in [-0.25, -0.2) is 9.78 Å². The molecule has 0 spiro atoms. The van der Waals surface area contributed by atoms with E-state index < -0.39 is 0 Å². The van der Waals surface area contributed by atoms with Crippen molar-refractivity contribution in [2.24, 2.45) is 0 Å². The zero-order valence-corrected chi connectivity index (χ0v) is 12.8. The highest BCUT2D eigenvalue weighted by Crippen LogP contribution is 2.21. The average Bonchev–Trinajstić information content (AvgIpc) is 3.01. The van der Waals surface area contributed by atoms with Crippen LogP contribution in [-0.2, 0) is 0 Å². The maximum Gasteiger partial charge on any atom is 0.321 e. The first-order chi connectivity index (χ1) is 10.6. The molecule has 1 aliphatic heterocycles. The normalized spacial score (nSPS) is 19.2. The highest BCUT2D eigenvalue weighted by Gasteiger charge is 2.29. The Morgan fingerprint density at radius 1 is 1.36 bits per heavy atom. The Labute approximate surface area is 129 Å². The summed E-state index contributed by atoms with van der Waals surface area (Å²) in [6, 6.07) is 3.66. The lowest BCUT2D eigenvalue weighted by molar-refractivity contribution is 0.112. The molecule has 2 aromatic heterocycles. The van der Waals surface area contributed by atoms with Crippen LogP contribution in [0.1, 0.15) is 17.6 Å². The lowest BCUT2D eigenvalue weighted by Gasteiger charge is -2.38. The Hall–Kier alpha value is -2.41. The first-order valence-electron chi connectivity index (χ1n) is 7.31. The van der Waals surface area contributed by atoms with Crippen LogP contribution in [0.2, 0.25) is 0 Å². The number of carbonyl (C=O) groups excluding carboxylic acids is 1. The molecule has 0 bridgehead atoms. The van der Waals surface area contributed by atoms with Crippen LogP contribution in [0.5, 0.6) is 0 Å². The molecule has 2 N–H and O–H groups in total. The number of hydrogen-bond acceptors (Lipinski definition) is 4. The number of aromatic nitrogens is 3. The summed E-state index contributed by atoms with van der Waals surface area (Å²) >= 11 is 0. The molecular weight excluding hydrogens is 280 g/mol. The first-order valence-corrected chi connectivity index (χ1v) is 7.31. The van der Waals surface area contributed by atoms with E-state index in [2.05, 4.69) is 32.2 Å². The summed E-state index contributed by atoms with van der Waals surface area (Å²) < 4.78 is 0.